The lowest BCUT2D eigenvalue weighted by Crippen LogP contribution is -2.13. The van der Waals surface area contributed by atoms with Crippen molar-refractivity contribution in [3.8, 4) is 16.3 Å². The van der Waals surface area contributed by atoms with Crippen LogP contribution in [0.5, 0.6) is 5.75 Å². The van der Waals surface area contributed by atoms with Crippen LogP contribution in [0.15, 0.2) is 71.6 Å². The van der Waals surface area contributed by atoms with Gasteiger partial charge in [0, 0.05) is 17.8 Å². The molecule has 3 aromatic carbocycles. The molecule has 0 bridgehead atoms. The lowest BCUT2D eigenvalue weighted by atomic mass is 10.2. The first-order valence-electron chi connectivity index (χ1n) is 8.30. The second-order valence-electron chi connectivity index (χ2n) is 6.08. The molecule has 0 radical (unpaired) electrons. The number of rotatable bonds is 5. The molecule has 1 heterocycles. The number of aromatic hydroxyl groups is 1. The van der Waals surface area contributed by atoms with Gasteiger partial charge >= 0.3 is 0 Å². The van der Waals surface area contributed by atoms with Crippen LogP contribution in [-0.2, 0) is 10.0 Å². The van der Waals surface area contributed by atoms with Gasteiger partial charge in [-0.1, -0.05) is 12.1 Å². The average molecular weight is 427 g/mol. The number of nitro groups is 1. The SMILES string of the molecule is O=[N+]([O-])c1ccc(S(=O)(=O)Nc2ccc(O)c(-c3nc4ccccc4s3)c2)cc1. The zero-order valence-electron chi connectivity index (χ0n) is 14.6. The van der Waals surface area contributed by atoms with E-state index in [0.717, 1.165) is 34.5 Å². The molecule has 1 aromatic heterocycles. The van der Waals surface area contributed by atoms with Gasteiger partial charge in [-0.05, 0) is 42.5 Å². The lowest BCUT2D eigenvalue weighted by Gasteiger charge is -2.10. The van der Waals surface area contributed by atoms with Crippen molar-refractivity contribution in [1.82, 2.24) is 4.98 Å². The van der Waals surface area contributed by atoms with E-state index in [2.05, 4.69) is 9.71 Å². The zero-order valence-corrected chi connectivity index (χ0v) is 16.3. The molecule has 4 rings (SSSR count). The highest BCUT2D eigenvalue weighted by Gasteiger charge is 2.18. The maximum Gasteiger partial charge on any atom is 0.269 e. The van der Waals surface area contributed by atoms with Crippen LogP contribution in [0.3, 0.4) is 0 Å². The number of benzene rings is 3. The van der Waals surface area contributed by atoms with E-state index in [-0.39, 0.29) is 22.0 Å². The molecule has 0 saturated carbocycles. The van der Waals surface area contributed by atoms with Crippen LogP contribution in [0.25, 0.3) is 20.8 Å². The van der Waals surface area contributed by atoms with Crippen molar-refractivity contribution in [2.45, 2.75) is 4.90 Å². The molecular formula is C19H13N3O5S2. The van der Waals surface area contributed by atoms with Gasteiger partial charge in [-0.3, -0.25) is 14.8 Å². The monoisotopic (exact) mass is 427 g/mol. The Morgan fingerprint density at radius 1 is 1.03 bits per heavy atom. The van der Waals surface area contributed by atoms with Crippen molar-refractivity contribution >= 4 is 43.0 Å². The van der Waals surface area contributed by atoms with Crippen LogP contribution in [0, 0.1) is 10.1 Å². The summed E-state index contributed by atoms with van der Waals surface area (Å²) in [5.74, 6) is -0.0256. The number of sulfonamides is 1. The third kappa shape index (κ3) is 3.75. The highest BCUT2D eigenvalue weighted by molar-refractivity contribution is 7.92. The average Bonchev–Trinajstić information content (AvgIpc) is 3.13. The fraction of sp³-hybridized carbons (Fsp3) is 0. The lowest BCUT2D eigenvalue weighted by molar-refractivity contribution is -0.384. The number of hydrogen-bond acceptors (Lipinski definition) is 7. The first kappa shape index (κ1) is 18.8. The minimum absolute atomic E-state index is 0.0256. The molecule has 0 spiro atoms. The number of para-hydroxylation sites is 1. The van der Waals surface area contributed by atoms with E-state index in [4.69, 9.17) is 0 Å². The molecule has 0 amide bonds. The summed E-state index contributed by atoms with van der Waals surface area (Å²) in [5, 5.41) is 21.5. The third-order valence-electron chi connectivity index (χ3n) is 4.13. The van der Waals surface area contributed by atoms with E-state index in [0.29, 0.717) is 10.6 Å². The number of phenolic OH excluding ortho intramolecular Hbond substituents is 1. The van der Waals surface area contributed by atoms with Gasteiger partial charge in [0.1, 0.15) is 10.8 Å². The number of non-ortho nitro benzene ring substituents is 1. The molecule has 4 aromatic rings. The predicted octanol–water partition coefficient (Wildman–Crippen LogP) is 4.38. The normalized spacial score (nSPS) is 11.4. The van der Waals surface area contributed by atoms with Crippen LogP contribution in [-0.4, -0.2) is 23.4 Å². The first-order valence-corrected chi connectivity index (χ1v) is 10.6. The van der Waals surface area contributed by atoms with Crippen molar-refractivity contribution in [2.75, 3.05) is 4.72 Å². The quantitative estimate of drug-likeness (QED) is 0.277. The van der Waals surface area contributed by atoms with Gasteiger partial charge in [-0.15, -0.1) is 11.3 Å². The Bertz CT molecular complexity index is 1300. The molecule has 0 aliphatic heterocycles. The Hall–Kier alpha value is -3.50. The largest absolute Gasteiger partial charge is 0.507 e. The van der Waals surface area contributed by atoms with Crippen molar-refractivity contribution in [1.29, 1.82) is 0 Å². The summed E-state index contributed by atoms with van der Waals surface area (Å²) >= 11 is 1.38. The molecule has 0 unspecified atom stereocenters. The minimum Gasteiger partial charge on any atom is -0.507 e. The minimum atomic E-state index is -3.96. The van der Waals surface area contributed by atoms with Crippen LogP contribution in [0.4, 0.5) is 11.4 Å². The number of phenols is 1. The van der Waals surface area contributed by atoms with Crippen LogP contribution < -0.4 is 4.72 Å². The standard InChI is InChI=1S/C19H13N3O5S2/c23-17-10-5-12(11-15(17)19-20-16-3-1-2-4-18(16)28-19)21-29(26,27)14-8-6-13(7-9-14)22(24)25/h1-11,21,23H. The highest BCUT2D eigenvalue weighted by Crippen LogP contribution is 2.37. The van der Waals surface area contributed by atoms with Crippen LogP contribution >= 0.6 is 11.3 Å². The molecule has 2 N–H and O–H groups in total. The number of anilines is 1. The van der Waals surface area contributed by atoms with Gasteiger partial charge in [0.15, 0.2) is 0 Å². The number of aromatic nitrogens is 1. The van der Waals surface area contributed by atoms with Crippen molar-refractivity contribution < 1.29 is 18.4 Å². The van der Waals surface area contributed by atoms with E-state index in [1.807, 2.05) is 24.3 Å². The summed E-state index contributed by atoms with van der Waals surface area (Å²) in [5.41, 5.74) is 1.21. The summed E-state index contributed by atoms with van der Waals surface area (Å²) < 4.78 is 28.6. The molecule has 0 aliphatic carbocycles. The maximum absolute atomic E-state index is 12.6. The molecule has 146 valence electrons. The highest BCUT2D eigenvalue weighted by atomic mass is 32.2. The number of nitrogens with one attached hydrogen (secondary N) is 1. The van der Waals surface area contributed by atoms with E-state index < -0.39 is 14.9 Å². The predicted molar refractivity (Wildman–Crippen MR) is 111 cm³/mol. The topological polar surface area (TPSA) is 122 Å². The second kappa shape index (κ2) is 7.15. The fourth-order valence-electron chi connectivity index (χ4n) is 2.72. The van der Waals surface area contributed by atoms with Gasteiger partial charge in [-0.25, -0.2) is 13.4 Å². The first-order chi connectivity index (χ1) is 13.8. The number of hydrogen-bond donors (Lipinski definition) is 2. The summed E-state index contributed by atoms with van der Waals surface area (Å²) in [7, 11) is -3.96. The second-order valence-corrected chi connectivity index (χ2v) is 8.79. The smallest absolute Gasteiger partial charge is 0.269 e. The Kier molecular flexibility index (Phi) is 4.65. The maximum atomic E-state index is 12.6. The summed E-state index contributed by atoms with van der Waals surface area (Å²) in [6, 6.07) is 16.4. The summed E-state index contributed by atoms with van der Waals surface area (Å²) in [4.78, 5) is 14.5. The summed E-state index contributed by atoms with van der Waals surface area (Å²) in [6.45, 7) is 0. The number of thiazole rings is 1. The van der Waals surface area contributed by atoms with Crippen LogP contribution in [0.1, 0.15) is 0 Å². The van der Waals surface area contributed by atoms with Gasteiger partial charge in [0.05, 0.1) is 25.6 Å². The fourth-order valence-corrected chi connectivity index (χ4v) is 4.76. The molecule has 0 aliphatic rings. The third-order valence-corrected chi connectivity index (χ3v) is 6.60. The van der Waals surface area contributed by atoms with E-state index in [9.17, 15) is 23.6 Å². The Morgan fingerprint density at radius 2 is 1.76 bits per heavy atom. The van der Waals surface area contributed by atoms with Crippen molar-refractivity contribution in [3.63, 3.8) is 0 Å². The van der Waals surface area contributed by atoms with Crippen molar-refractivity contribution in [2.24, 2.45) is 0 Å². The molecule has 10 heteroatoms. The van der Waals surface area contributed by atoms with Gasteiger partial charge in [0.25, 0.3) is 15.7 Å². The van der Waals surface area contributed by atoms with Crippen molar-refractivity contribution in [3.05, 3.63) is 76.8 Å². The van der Waals surface area contributed by atoms with Gasteiger partial charge in [0.2, 0.25) is 0 Å². The Morgan fingerprint density at radius 3 is 2.45 bits per heavy atom. The summed E-state index contributed by atoms with van der Waals surface area (Å²) in [6.07, 6.45) is 0. The molecule has 29 heavy (non-hydrogen) atoms. The van der Waals surface area contributed by atoms with E-state index in [1.54, 1.807) is 0 Å². The number of nitrogens with zero attached hydrogens (tertiary/aromatic N) is 2. The molecule has 8 nitrogen and oxygen atoms in total. The Balaban J connectivity index is 1.67. The molecule has 0 saturated heterocycles. The molecule has 0 atom stereocenters. The van der Waals surface area contributed by atoms with Gasteiger partial charge in [-0.2, -0.15) is 0 Å². The molecule has 0 fully saturated rings. The van der Waals surface area contributed by atoms with Gasteiger partial charge < -0.3 is 5.11 Å². The number of fused-ring (bicyclic) bond motifs is 1. The van der Waals surface area contributed by atoms with E-state index >= 15 is 0 Å². The Labute approximate surface area is 169 Å². The number of nitro benzene ring substituents is 1. The zero-order chi connectivity index (χ0) is 20.6. The van der Waals surface area contributed by atoms with E-state index in [1.165, 1.54) is 29.5 Å². The molecular weight excluding hydrogens is 414 g/mol. The van der Waals surface area contributed by atoms with Crippen LogP contribution in [0.2, 0.25) is 0 Å².